The Labute approximate surface area is 78.8 Å². The van der Waals surface area contributed by atoms with Crippen molar-refractivity contribution in [3.63, 3.8) is 0 Å². The molecule has 0 atom stereocenters. The number of hydrogen-bond acceptors (Lipinski definition) is 4. The molecule has 0 aliphatic heterocycles. The van der Waals surface area contributed by atoms with Crippen LogP contribution in [0.2, 0.25) is 0 Å². The van der Waals surface area contributed by atoms with Gasteiger partial charge in [0.15, 0.2) is 0 Å². The normalized spacial score (nSPS) is 10.8. The van der Waals surface area contributed by atoms with Crippen molar-refractivity contribution in [2.75, 3.05) is 6.54 Å². The highest BCUT2D eigenvalue weighted by molar-refractivity contribution is 7.16. The molecule has 2 N–H and O–H groups in total. The Morgan fingerprint density at radius 2 is 2.31 bits per heavy atom. The summed E-state index contributed by atoms with van der Waals surface area (Å²) < 4.78 is 5.83. The van der Waals surface area contributed by atoms with Crippen molar-refractivity contribution in [1.82, 2.24) is 0 Å². The van der Waals surface area contributed by atoms with Crippen LogP contribution < -0.4 is 10.7 Å². The monoisotopic (exact) mass is 195 g/mol. The topological polar surface area (TPSA) is 56.2 Å². The molecule has 1 aromatic heterocycles. The van der Waals surface area contributed by atoms with E-state index in [0.717, 1.165) is 28.0 Å². The Hall–Kier alpha value is -1.13. The van der Waals surface area contributed by atoms with E-state index in [2.05, 4.69) is 0 Å². The first-order chi connectivity index (χ1) is 6.29. The molecule has 13 heavy (non-hydrogen) atoms. The van der Waals surface area contributed by atoms with Gasteiger partial charge in [-0.1, -0.05) is 17.4 Å². The molecule has 0 unspecified atom stereocenters. The number of nitrogens with two attached hydrogens (primary N) is 1. The molecule has 68 valence electrons. The molecule has 4 heteroatoms. The van der Waals surface area contributed by atoms with E-state index in [1.165, 1.54) is 0 Å². The molecule has 1 heterocycles. The van der Waals surface area contributed by atoms with E-state index in [9.17, 15) is 4.79 Å². The Morgan fingerprint density at radius 1 is 1.46 bits per heavy atom. The van der Waals surface area contributed by atoms with Crippen molar-refractivity contribution < 1.29 is 4.42 Å². The molecule has 0 amide bonds. The molecule has 0 spiro atoms. The predicted octanol–water partition coefficient (Wildman–Crippen LogP) is 1.36. The Morgan fingerprint density at radius 3 is 3.08 bits per heavy atom. The molecule has 0 saturated carbocycles. The second-order valence-electron chi connectivity index (χ2n) is 2.77. The summed E-state index contributed by atoms with van der Waals surface area (Å²) in [7, 11) is 0. The van der Waals surface area contributed by atoms with Crippen LogP contribution in [0.5, 0.6) is 0 Å². The average Bonchev–Trinajstić information content (AvgIpc) is 2.44. The van der Waals surface area contributed by atoms with E-state index in [1.807, 2.05) is 18.2 Å². The lowest BCUT2D eigenvalue weighted by Gasteiger charge is -1.95. The van der Waals surface area contributed by atoms with Gasteiger partial charge in [0.2, 0.25) is 0 Å². The summed E-state index contributed by atoms with van der Waals surface area (Å²) in [4.78, 5) is 10.6. The van der Waals surface area contributed by atoms with Crippen LogP contribution in [-0.2, 0) is 6.42 Å². The third-order valence-corrected chi connectivity index (χ3v) is 2.62. The fraction of sp³-hybridized carbons (Fsp3) is 0.222. The van der Waals surface area contributed by atoms with E-state index in [1.54, 1.807) is 0 Å². The Bertz CT molecular complexity index is 472. The van der Waals surface area contributed by atoms with Gasteiger partial charge in [0.1, 0.15) is 5.58 Å². The SMILES string of the molecule is NCCc1ccc2oc(=O)sc2c1. The minimum atomic E-state index is -0.250. The van der Waals surface area contributed by atoms with Gasteiger partial charge >= 0.3 is 4.94 Å². The van der Waals surface area contributed by atoms with E-state index >= 15 is 0 Å². The van der Waals surface area contributed by atoms with Gasteiger partial charge in [-0.05, 0) is 30.7 Å². The lowest BCUT2D eigenvalue weighted by atomic mass is 10.1. The molecule has 1 aromatic carbocycles. The van der Waals surface area contributed by atoms with E-state index in [4.69, 9.17) is 10.2 Å². The van der Waals surface area contributed by atoms with Gasteiger partial charge in [-0.25, -0.2) is 4.79 Å². The van der Waals surface area contributed by atoms with Gasteiger partial charge in [0.25, 0.3) is 0 Å². The standard InChI is InChI=1S/C9H9NO2S/c10-4-3-6-1-2-7-8(5-6)13-9(11)12-7/h1-2,5H,3-4,10H2. The maximum Gasteiger partial charge on any atom is 0.396 e. The third-order valence-electron chi connectivity index (χ3n) is 1.83. The van der Waals surface area contributed by atoms with E-state index in [-0.39, 0.29) is 4.94 Å². The Balaban J connectivity index is 2.54. The van der Waals surface area contributed by atoms with Crippen molar-refractivity contribution in [3.8, 4) is 0 Å². The first-order valence-electron chi connectivity index (χ1n) is 4.02. The second-order valence-corrected chi connectivity index (χ2v) is 3.75. The summed E-state index contributed by atoms with van der Waals surface area (Å²) in [6, 6.07) is 5.71. The minimum Gasteiger partial charge on any atom is -0.414 e. The van der Waals surface area contributed by atoms with Crippen molar-refractivity contribution in [3.05, 3.63) is 33.5 Å². The molecule has 0 aliphatic carbocycles. The molecule has 0 aliphatic rings. The van der Waals surface area contributed by atoms with Crippen LogP contribution in [0.15, 0.2) is 27.4 Å². The van der Waals surface area contributed by atoms with Crippen LogP contribution in [0.1, 0.15) is 5.56 Å². The van der Waals surface area contributed by atoms with Gasteiger partial charge < -0.3 is 10.2 Å². The van der Waals surface area contributed by atoms with Crippen molar-refractivity contribution in [2.45, 2.75) is 6.42 Å². The number of rotatable bonds is 2. The van der Waals surface area contributed by atoms with Gasteiger partial charge in [-0.3, -0.25) is 0 Å². The highest BCUT2D eigenvalue weighted by Gasteiger charge is 2.01. The highest BCUT2D eigenvalue weighted by Crippen LogP contribution is 2.18. The lowest BCUT2D eigenvalue weighted by molar-refractivity contribution is 0.585. The molecule has 2 aromatic rings. The van der Waals surface area contributed by atoms with Crippen molar-refractivity contribution in [2.24, 2.45) is 5.73 Å². The minimum absolute atomic E-state index is 0.250. The molecule has 0 bridgehead atoms. The predicted molar refractivity (Wildman–Crippen MR) is 53.1 cm³/mol. The lowest BCUT2D eigenvalue weighted by Crippen LogP contribution is -2.01. The van der Waals surface area contributed by atoms with E-state index in [0.29, 0.717) is 12.1 Å². The smallest absolute Gasteiger partial charge is 0.396 e. The summed E-state index contributed by atoms with van der Waals surface area (Å²) in [6.45, 7) is 0.623. The zero-order valence-corrected chi connectivity index (χ0v) is 7.76. The van der Waals surface area contributed by atoms with Gasteiger partial charge in [-0.15, -0.1) is 0 Å². The summed E-state index contributed by atoms with van der Waals surface area (Å²) in [6.07, 6.45) is 0.835. The molecule has 0 saturated heterocycles. The van der Waals surface area contributed by atoms with Gasteiger partial charge in [0.05, 0.1) is 4.70 Å². The van der Waals surface area contributed by atoms with Crippen LogP contribution in [0.25, 0.3) is 10.3 Å². The summed E-state index contributed by atoms with van der Waals surface area (Å²) in [5, 5.41) is 0. The zero-order chi connectivity index (χ0) is 9.26. The van der Waals surface area contributed by atoms with Crippen LogP contribution in [-0.4, -0.2) is 6.54 Å². The molecule has 0 radical (unpaired) electrons. The van der Waals surface area contributed by atoms with Crippen molar-refractivity contribution in [1.29, 1.82) is 0 Å². The maximum absolute atomic E-state index is 10.9. The molecular formula is C9H9NO2S. The first-order valence-corrected chi connectivity index (χ1v) is 4.84. The zero-order valence-electron chi connectivity index (χ0n) is 6.95. The largest absolute Gasteiger partial charge is 0.414 e. The number of fused-ring (bicyclic) bond motifs is 1. The fourth-order valence-corrected chi connectivity index (χ4v) is 1.97. The molecule has 3 nitrogen and oxygen atoms in total. The van der Waals surface area contributed by atoms with Gasteiger partial charge in [0, 0.05) is 0 Å². The molecule has 0 fully saturated rings. The highest BCUT2D eigenvalue weighted by atomic mass is 32.1. The van der Waals surface area contributed by atoms with E-state index < -0.39 is 0 Å². The number of benzene rings is 1. The molecular weight excluding hydrogens is 186 g/mol. The van der Waals surface area contributed by atoms with Crippen LogP contribution in [0, 0.1) is 0 Å². The summed E-state index contributed by atoms with van der Waals surface area (Å²) in [5.74, 6) is 0. The van der Waals surface area contributed by atoms with Crippen LogP contribution in [0.3, 0.4) is 0 Å². The van der Waals surface area contributed by atoms with Crippen LogP contribution in [0.4, 0.5) is 0 Å². The average molecular weight is 195 g/mol. The second kappa shape index (κ2) is 3.32. The summed E-state index contributed by atoms with van der Waals surface area (Å²) >= 11 is 1.13. The van der Waals surface area contributed by atoms with Gasteiger partial charge in [-0.2, -0.15) is 0 Å². The molecule has 2 rings (SSSR count). The summed E-state index contributed by atoms with van der Waals surface area (Å²) in [5.41, 5.74) is 7.24. The quantitative estimate of drug-likeness (QED) is 0.787. The third kappa shape index (κ3) is 1.64. The number of hydrogen-bond donors (Lipinski definition) is 1. The fourth-order valence-electron chi connectivity index (χ4n) is 1.24. The van der Waals surface area contributed by atoms with Crippen molar-refractivity contribution >= 4 is 21.6 Å². The van der Waals surface area contributed by atoms with Crippen LogP contribution >= 0.6 is 11.3 Å². The Kier molecular flexibility index (Phi) is 2.16. The maximum atomic E-state index is 10.9. The first kappa shape index (κ1) is 8.47.